The molecule has 5 nitrogen and oxygen atoms in total. The Bertz CT molecular complexity index is 871. The van der Waals surface area contributed by atoms with Crippen molar-refractivity contribution in [2.45, 2.75) is 25.8 Å². The average molecular weight is 387 g/mol. The van der Waals surface area contributed by atoms with Gasteiger partial charge >= 0.3 is 0 Å². The quantitative estimate of drug-likeness (QED) is 0.858. The fourth-order valence-electron chi connectivity index (χ4n) is 3.46. The molecule has 1 aliphatic heterocycles. The van der Waals surface area contributed by atoms with Gasteiger partial charge in [-0.15, -0.1) is 0 Å². The molecule has 1 fully saturated rings. The van der Waals surface area contributed by atoms with Crippen LogP contribution >= 0.6 is 0 Å². The van der Waals surface area contributed by atoms with Crippen LogP contribution in [0.1, 0.15) is 31.4 Å². The number of benzene rings is 2. The molecule has 1 atom stereocenters. The van der Waals surface area contributed by atoms with E-state index in [1.165, 1.54) is 16.1 Å². The van der Waals surface area contributed by atoms with Crippen LogP contribution in [-0.4, -0.2) is 38.0 Å². The first-order chi connectivity index (χ1) is 12.8. The molecule has 1 aliphatic rings. The van der Waals surface area contributed by atoms with Gasteiger partial charge in [-0.2, -0.15) is 0 Å². The Kier molecular flexibility index (Phi) is 5.97. The van der Waals surface area contributed by atoms with E-state index < -0.39 is 10.0 Å². The summed E-state index contributed by atoms with van der Waals surface area (Å²) < 4.78 is 24.6. The minimum Gasteiger partial charge on any atom is -0.349 e. The summed E-state index contributed by atoms with van der Waals surface area (Å²) in [5, 5.41) is 3.07. The smallest absolute Gasteiger partial charge is 0.223 e. The summed E-state index contributed by atoms with van der Waals surface area (Å²) >= 11 is 0. The largest absolute Gasteiger partial charge is 0.349 e. The van der Waals surface area contributed by atoms with Crippen LogP contribution in [0.4, 0.5) is 0 Å². The minimum atomic E-state index is -3.17. The van der Waals surface area contributed by atoms with Crippen LogP contribution in [0.5, 0.6) is 0 Å². The second kappa shape index (κ2) is 8.23. The molecule has 144 valence electrons. The molecular formula is C21H26N2O3S. The van der Waals surface area contributed by atoms with Gasteiger partial charge in [0.05, 0.1) is 12.3 Å². The number of nitrogens with one attached hydrogen (secondary N) is 1. The van der Waals surface area contributed by atoms with Gasteiger partial charge in [-0.05, 0) is 36.5 Å². The first-order valence-corrected chi connectivity index (χ1v) is 11.1. The Morgan fingerprint density at radius 1 is 1.00 bits per heavy atom. The molecule has 1 saturated heterocycles. The first kappa shape index (κ1) is 19.6. The molecule has 0 saturated carbocycles. The van der Waals surface area contributed by atoms with Crippen LogP contribution in [0.2, 0.25) is 0 Å². The summed E-state index contributed by atoms with van der Waals surface area (Å²) in [6.45, 7) is 2.80. The number of piperidine rings is 1. The monoisotopic (exact) mass is 386 g/mol. The van der Waals surface area contributed by atoms with Crippen LogP contribution in [0.25, 0.3) is 11.1 Å². The topological polar surface area (TPSA) is 66.5 Å². The van der Waals surface area contributed by atoms with Gasteiger partial charge in [-0.1, -0.05) is 54.6 Å². The first-order valence-electron chi connectivity index (χ1n) is 9.25. The van der Waals surface area contributed by atoms with Crippen LogP contribution in [0, 0.1) is 5.92 Å². The summed E-state index contributed by atoms with van der Waals surface area (Å²) in [7, 11) is -3.17. The van der Waals surface area contributed by atoms with Gasteiger partial charge in [0.2, 0.25) is 15.9 Å². The highest BCUT2D eigenvalue weighted by Gasteiger charge is 2.29. The molecule has 0 aromatic heterocycles. The molecule has 0 bridgehead atoms. The standard InChI is InChI=1S/C21H26N2O3S/c1-16(17-8-10-19(11-9-17)18-6-4-3-5-7-18)22-21(24)20-12-14-23(15-13-20)27(2,25)26/h3-11,16,20H,12-15H2,1-2H3,(H,22,24)/t16-/m1/s1. The van der Waals surface area contributed by atoms with E-state index in [4.69, 9.17) is 0 Å². The molecular weight excluding hydrogens is 360 g/mol. The zero-order chi connectivity index (χ0) is 19.4. The lowest BCUT2D eigenvalue weighted by atomic mass is 9.96. The number of sulfonamides is 1. The molecule has 0 spiro atoms. The van der Waals surface area contributed by atoms with Crippen molar-refractivity contribution in [3.05, 3.63) is 60.2 Å². The lowest BCUT2D eigenvalue weighted by Crippen LogP contribution is -2.43. The van der Waals surface area contributed by atoms with Gasteiger partial charge in [-0.3, -0.25) is 4.79 Å². The van der Waals surface area contributed by atoms with Crippen LogP contribution in [-0.2, 0) is 14.8 Å². The number of carbonyl (C=O) groups is 1. The second-order valence-corrected chi connectivity index (χ2v) is 9.14. The molecule has 1 amide bonds. The summed E-state index contributed by atoms with van der Waals surface area (Å²) in [5.41, 5.74) is 3.36. The Labute approximate surface area is 161 Å². The third kappa shape index (κ3) is 4.96. The van der Waals surface area contributed by atoms with Gasteiger partial charge in [0.25, 0.3) is 0 Å². The van der Waals surface area contributed by atoms with E-state index in [0.717, 1.165) is 11.1 Å². The van der Waals surface area contributed by atoms with E-state index in [0.29, 0.717) is 25.9 Å². The summed E-state index contributed by atoms with van der Waals surface area (Å²) in [6.07, 6.45) is 2.35. The number of rotatable bonds is 5. The molecule has 6 heteroatoms. The van der Waals surface area contributed by atoms with E-state index in [2.05, 4.69) is 29.6 Å². The minimum absolute atomic E-state index is 0.00258. The molecule has 0 radical (unpaired) electrons. The van der Waals surface area contributed by atoms with Gasteiger partial charge in [0.1, 0.15) is 0 Å². The predicted molar refractivity (Wildman–Crippen MR) is 108 cm³/mol. The zero-order valence-electron chi connectivity index (χ0n) is 15.8. The fraction of sp³-hybridized carbons (Fsp3) is 0.381. The van der Waals surface area contributed by atoms with Gasteiger partial charge in [0, 0.05) is 19.0 Å². The van der Waals surface area contributed by atoms with Crippen molar-refractivity contribution >= 4 is 15.9 Å². The van der Waals surface area contributed by atoms with Gasteiger partial charge < -0.3 is 5.32 Å². The van der Waals surface area contributed by atoms with E-state index >= 15 is 0 Å². The molecule has 0 aliphatic carbocycles. The third-order valence-corrected chi connectivity index (χ3v) is 6.47. The Balaban J connectivity index is 1.57. The van der Waals surface area contributed by atoms with Crippen molar-refractivity contribution in [3.8, 4) is 11.1 Å². The second-order valence-electron chi connectivity index (χ2n) is 7.15. The van der Waals surface area contributed by atoms with Crippen molar-refractivity contribution < 1.29 is 13.2 Å². The molecule has 2 aromatic carbocycles. The lowest BCUT2D eigenvalue weighted by Gasteiger charge is -2.30. The van der Waals surface area contributed by atoms with E-state index in [1.807, 2.05) is 37.3 Å². The lowest BCUT2D eigenvalue weighted by molar-refractivity contribution is -0.126. The highest BCUT2D eigenvalue weighted by atomic mass is 32.2. The maximum Gasteiger partial charge on any atom is 0.223 e. The van der Waals surface area contributed by atoms with Crippen molar-refractivity contribution in [1.29, 1.82) is 0 Å². The summed E-state index contributed by atoms with van der Waals surface area (Å²) in [5.74, 6) is -0.128. The van der Waals surface area contributed by atoms with Crippen LogP contribution in [0.15, 0.2) is 54.6 Å². The molecule has 27 heavy (non-hydrogen) atoms. The van der Waals surface area contributed by atoms with Crippen LogP contribution < -0.4 is 5.32 Å². The average Bonchev–Trinajstić information content (AvgIpc) is 2.68. The number of amides is 1. The predicted octanol–water partition coefficient (Wildman–Crippen LogP) is 3.20. The zero-order valence-corrected chi connectivity index (χ0v) is 16.6. The van der Waals surface area contributed by atoms with E-state index in [-0.39, 0.29) is 17.9 Å². The molecule has 0 unspecified atom stereocenters. The Hall–Kier alpha value is -2.18. The molecule has 3 rings (SSSR count). The molecule has 2 aromatic rings. The van der Waals surface area contributed by atoms with Gasteiger partial charge in [0.15, 0.2) is 0 Å². The maximum absolute atomic E-state index is 12.5. The number of hydrogen-bond donors (Lipinski definition) is 1. The number of nitrogens with zero attached hydrogens (tertiary/aromatic N) is 1. The highest BCUT2D eigenvalue weighted by molar-refractivity contribution is 7.88. The van der Waals surface area contributed by atoms with Crippen molar-refractivity contribution in [1.82, 2.24) is 9.62 Å². The SMILES string of the molecule is C[C@@H](NC(=O)C1CCN(S(C)(=O)=O)CC1)c1ccc(-c2ccccc2)cc1. The highest BCUT2D eigenvalue weighted by Crippen LogP contribution is 2.23. The van der Waals surface area contributed by atoms with E-state index in [1.54, 1.807) is 0 Å². The summed E-state index contributed by atoms with van der Waals surface area (Å²) in [6, 6.07) is 18.3. The Morgan fingerprint density at radius 3 is 2.11 bits per heavy atom. The van der Waals surface area contributed by atoms with Crippen molar-refractivity contribution in [2.75, 3.05) is 19.3 Å². The fourth-order valence-corrected chi connectivity index (χ4v) is 4.33. The number of carbonyl (C=O) groups excluding carboxylic acids is 1. The van der Waals surface area contributed by atoms with Crippen molar-refractivity contribution in [3.63, 3.8) is 0 Å². The Morgan fingerprint density at radius 2 is 1.56 bits per heavy atom. The van der Waals surface area contributed by atoms with E-state index in [9.17, 15) is 13.2 Å². The van der Waals surface area contributed by atoms with Crippen LogP contribution in [0.3, 0.4) is 0 Å². The maximum atomic E-state index is 12.5. The normalized spacial score (nSPS) is 17.4. The van der Waals surface area contributed by atoms with Gasteiger partial charge in [-0.25, -0.2) is 12.7 Å². The summed E-state index contributed by atoms with van der Waals surface area (Å²) in [4.78, 5) is 12.5. The molecule has 1 N–H and O–H groups in total. The molecule has 1 heterocycles. The third-order valence-electron chi connectivity index (χ3n) is 5.17. The van der Waals surface area contributed by atoms with Crippen molar-refractivity contribution in [2.24, 2.45) is 5.92 Å². The number of hydrogen-bond acceptors (Lipinski definition) is 3.